The molecule has 0 unspecified atom stereocenters. The van der Waals surface area contributed by atoms with E-state index >= 15 is 0 Å². The topological polar surface area (TPSA) is 26.3 Å². The van der Waals surface area contributed by atoms with E-state index in [1.807, 2.05) is 19.1 Å². The van der Waals surface area contributed by atoms with Gasteiger partial charge in [0.2, 0.25) is 0 Å². The van der Waals surface area contributed by atoms with Crippen LogP contribution in [0, 0.1) is 11.6 Å². The molecule has 2 aromatic carbocycles. The molecule has 0 aliphatic heterocycles. The van der Waals surface area contributed by atoms with E-state index in [-0.39, 0.29) is 5.56 Å². The molecule has 0 amide bonds. The van der Waals surface area contributed by atoms with Gasteiger partial charge in [-0.15, -0.1) is 0 Å². The van der Waals surface area contributed by atoms with Crippen LogP contribution in [0.4, 0.5) is 8.78 Å². The number of carbonyl (C=O) groups is 1. The van der Waals surface area contributed by atoms with Gasteiger partial charge in [-0.25, -0.2) is 13.6 Å². The Hall–Kier alpha value is -2.23. The molecule has 0 bridgehead atoms. The van der Waals surface area contributed by atoms with E-state index < -0.39 is 17.6 Å². The van der Waals surface area contributed by atoms with Gasteiger partial charge in [0.05, 0.1) is 5.56 Å². The molecule has 98 valence electrons. The third kappa shape index (κ3) is 3.16. The summed E-state index contributed by atoms with van der Waals surface area (Å²) >= 11 is 0. The Morgan fingerprint density at radius 1 is 1.11 bits per heavy atom. The van der Waals surface area contributed by atoms with Gasteiger partial charge in [0.1, 0.15) is 17.4 Å². The number of halogens is 2. The van der Waals surface area contributed by atoms with E-state index in [1.54, 1.807) is 12.1 Å². The van der Waals surface area contributed by atoms with Crippen molar-refractivity contribution in [1.82, 2.24) is 0 Å². The third-order valence-corrected chi connectivity index (χ3v) is 2.69. The van der Waals surface area contributed by atoms with Crippen LogP contribution in [0.25, 0.3) is 0 Å². The summed E-state index contributed by atoms with van der Waals surface area (Å²) in [7, 11) is 0. The largest absolute Gasteiger partial charge is 0.423 e. The van der Waals surface area contributed by atoms with E-state index in [9.17, 15) is 13.6 Å². The number of benzene rings is 2. The normalized spacial score (nSPS) is 10.3. The molecule has 2 nitrogen and oxygen atoms in total. The van der Waals surface area contributed by atoms with Crippen LogP contribution in [-0.2, 0) is 6.42 Å². The van der Waals surface area contributed by atoms with E-state index in [1.165, 1.54) is 0 Å². The quantitative estimate of drug-likeness (QED) is 0.622. The van der Waals surface area contributed by atoms with Crippen molar-refractivity contribution in [2.75, 3.05) is 0 Å². The van der Waals surface area contributed by atoms with Crippen LogP contribution < -0.4 is 4.74 Å². The Bertz CT molecular complexity index is 592. The number of esters is 1. The van der Waals surface area contributed by atoms with Gasteiger partial charge in [-0.05, 0) is 36.2 Å². The van der Waals surface area contributed by atoms with E-state index in [0.717, 1.165) is 24.1 Å². The lowest BCUT2D eigenvalue weighted by Gasteiger charge is -2.06. The van der Waals surface area contributed by atoms with Gasteiger partial charge in [-0.1, -0.05) is 19.1 Å². The van der Waals surface area contributed by atoms with Crippen molar-refractivity contribution in [3.05, 3.63) is 65.2 Å². The first kappa shape index (κ1) is 13.2. The molecule has 0 heterocycles. The lowest BCUT2D eigenvalue weighted by Crippen LogP contribution is -2.10. The molecule has 0 saturated heterocycles. The zero-order chi connectivity index (χ0) is 13.8. The van der Waals surface area contributed by atoms with Crippen molar-refractivity contribution in [2.45, 2.75) is 13.3 Å². The van der Waals surface area contributed by atoms with Crippen LogP contribution in [0.1, 0.15) is 22.8 Å². The molecule has 0 aliphatic carbocycles. The van der Waals surface area contributed by atoms with E-state index in [0.29, 0.717) is 11.8 Å². The molecule has 0 spiro atoms. The lowest BCUT2D eigenvalue weighted by molar-refractivity contribution is 0.0730. The summed E-state index contributed by atoms with van der Waals surface area (Å²) in [6.45, 7) is 2.01. The van der Waals surface area contributed by atoms with Gasteiger partial charge in [-0.3, -0.25) is 0 Å². The second kappa shape index (κ2) is 5.61. The van der Waals surface area contributed by atoms with Crippen LogP contribution in [0.2, 0.25) is 0 Å². The van der Waals surface area contributed by atoms with Gasteiger partial charge in [0.25, 0.3) is 0 Å². The Kier molecular flexibility index (Phi) is 3.90. The fourth-order valence-electron chi connectivity index (χ4n) is 1.61. The minimum atomic E-state index is -0.935. The summed E-state index contributed by atoms with van der Waals surface area (Å²) in [5.41, 5.74) is 0.814. The summed E-state index contributed by atoms with van der Waals surface area (Å²) in [6, 6.07) is 9.65. The SMILES string of the molecule is CCc1ccc(OC(=O)c2ccc(F)cc2F)cc1. The van der Waals surface area contributed by atoms with E-state index in [2.05, 4.69) is 0 Å². The van der Waals surface area contributed by atoms with Gasteiger partial charge >= 0.3 is 5.97 Å². The van der Waals surface area contributed by atoms with Crippen molar-refractivity contribution >= 4 is 5.97 Å². The molecule has 2 aromatic rings. The molecular weight excluding hydrogens is 250 g/mol. The highest BCUT2D eigenvalue weighted by Gasteiger charge is 2.14. The minimum absolute atomic E-state index is 0.291. The highest BCUT2D eigenvalue weighted by atomic mass is 19.1. The lowest BCUT2D eigenvalue weighted by atomic mass is 10.2. The molecule has 0 radical (unpaired) electrons. The van der Waals surface area contributed by atoms with Crippen molar-refractivity contribution < 1.29 is 18.3 Å². The second-order valence-corrected chi connectivity index (χ2v) is 4.01. The van der Waals surface area contributed by atoms with Crippen LogP contribution in [0.3, 0.4) is 0 Å². The smallest absolute Gasteiger partial charge is 0.346 e. The zero-order valence-electron chi connectivity index (χ0n) is 10.3. The maximum Gasteiger partial charge on any atom is 0.346 e. The Balaban J connectivity index is 2.15. The van der Waals surface area contributed by atoms with Crippen molar-refractivity contribution in [3.63, 3.8) is 0 Å². The molecule has 0 aliphatic rings. The molecule has 19 heavy (non-hydrogen) atoms. The van der Waals surface area contributed by atoms with Gasteiger partial charge in [0, 0.05) is 6.07 Å². The molecule has 0 aromatic heterocycles. The summed E-state index contributed by atoms with van der Waals surface area (Å²) in [4.78, 5) is 11.7. The van der Waals surface area contributed by atoms with Crippen molar-refractivity contribution in [1.29, 1.82) is 0 Å². The summed E-state index contributed by atoms with van der Waals surface area (Å²) in [5.74, 6) is -2.19. The van der Waals surface area contributed by atoms with Gasteiger partial charge in [0.15, 0.2) is 0 Å². The predicted octanol–water partition coefficient (Wildman–Crippen LogP) is 3.75. The number of carbonyl (C=O) groups excluding carboxylic acids is 1. The number of rotatable bonds is 3. The Morgan fingerprint density at radius 3 is 2.37 bits per heavy atom. The van der Waals surface area contributed by atoms with Gasteiger partial charge < -0.3 is 4.74 Å². The first-order valence-corrected chi connectivity index (χ1v) is 5.86. The number of aryl methyl sites for hydroxylation is 1. The maximum absolute atomic E-state index is 13.4. The Morgan fingerprint density at radius 2 is 1.79 bits per heavy atom. The van der Waals surface area contributed by atoms with Crippen LogP contribution in [-0.4, -0.2) is 5.97 Å². The predicted molar refractivity (Wildman–Crippen MR) is 67.1 cm³/mol. The molecule has 4 heteroatoms. The molecular formula is C15H12F2O2. The third-order valence-electron chi connectivity index (χ3n) is 2.69. The fraction of sp³-hybridized carbons (Fsp3) is 0.133. The van der Waals surface area contributed by atoms with Crippen LogP contribution in [0.15, 0.2) is 42.5 Å². The van der Waals surface area contributed by atoms with Crippen LogP contribution >= 0.6 is 0 Å². The maximum atomic E-state index is 13.4. The summed E-state index contributed by atoms with van der Waals surface area (Å²) in [6.07, 6.45) is 0.876. The first-order valence-electron chi connectivity index (χ1n) is 5.86. The summed E-state index contributed by atoms with van der Waals surface area (Å²) in [5, 5.41) is 0. The molecule has 0 N–H and O–H groups in total. The van der Waals surface area contributed by atoms with Crippen LogP contribution in [0.5, 0.6) is 5.75 Å². The highest BCUT2D eigenvalue weighted by Crippen LogP contribution is 2.16. The van der Waals surface area contributed by atoms with Crippen molar-refractivity contribution in [3.8, 4) is 5.75 Å². The standard InChI is InChI=1S/C15H12F2O2/c1-2-10-3-6-12(7-4-10)19-15(18)13-8-5-11(16)9-14(13)17/h3-9H,2H2,1H3. The van der Waals surface area contributed by atoms with Crippen molar-refractivity contribution in [2.24, 2.45) is 0 Å². The highest BCUT2D eigenvalue weighted by molar-refractivity contribution is 5.91. The monoisotopic (exact) mass is 262 g/mol. The average Bonchev–Trinajstić information content (AvgIpc) is 2.39. The number of hydrogen-bond donors (Lipinski definition) is 0. The average molecular weight is 262 g/mol. The first-order chi connectivity index (χ1) is 9.10. The number of hydrogen-bond acceptors (Lipinski definition) is 2. The van der Waals surface area contributed by atoms with E-state index in [4.69, 9.17) is 4.74 Å². The molecule has 0 atom stereocenters. The second-order valence-electron chi connectivity index (χ2n) is 4.01. The molecule has 2 rings (SSSR count). The van der Waals surface area contributed by atoms with Gasteiger partial charge in [-0.2, -0.15) is 0 Å². The molecule has 0 saturated carbocycles. The fourth-order valence-corrected chi connectivity index (χ4v) is 1.61. The minimum Gasteiger partial charge on any atom is -0.423 e. The zero-order valence-corrected chi connectivity index (χ0v) is 10.3. The Labute approximate surface area is 109 Å². The number of ether oxygens (including phenoxy) is 1. The summed E-state index contributed by atoms with van der Waals surface area (Å²) < 4.78 is 31.1. The molecule has 0 fully saturated rings.